The summed E-state index contributed by atoms with van der Waals surface area (Å²) in [7, 11) is 0. The van der Waals surface area contributed by atoms with Gasteiger partial charge in [-0.3, -0.25) is 4.84 Å². The third-order valence-corrected chi connectivity index (χ3v) is 3.03. The van der Waals surface area contributed by atoms with E-state index in [-0.39, 0.29) is 24.6 Å². The molecule has 1 aliphatic heterocycles. The predicted octanol–water partition coefficient (Wildman–Crippen LogP) is 2.10. The molecule has 2 N–H and O–H groups in total. The van der Waals surface area contributed by atoms with E-state index in [1.807, 2.05) is 30.3 Å². The van der Waals surface area contributed by atoms with Crippen LogP contribution in [0.4, 0.5) is 4.79 Å². The van der Waals surface area contributed by atoms with Crippen molar-refractivity contribution in [1.82, 2.24) is 4.90 Å². The number of hydrogen-bond donors (Lipinski definition) is 1. The summed E-state index contributed by atoms with van der Waals surface area (Å²) in [5.41, 5.74) is 0.981. The van der Waals surface area contributed by atoms with E-state index in [2.05, 4.69) is 0 Å². The molecule has 1 saturated heterocycles. The number of benzene rings is 1. The molecule has 1 heterocycles. The summed E-state index contributed by atoms with van der Waals surface area (Å²) < 4.78 is 5.25. The smallest absolute Gasteiger partial charge is 0.410 e. The van der Waals surface area contributed by atoms with Gasteiger partial charge in [-0.2, -0.15) is 0 Å². The number of amides is 1. The molecule has 0 aromatic heterocycles. The topological polar surface area (TPSA) is 64.8 Å². The Hall–Kier alpha value is -1.30. The third kappa shape index (κ3) is 4.70. The van der Waals surface area contributed by atoms with Crippen molar-refractivity contribution in [1.29, 1.82) is 0 Å². The first kappa shape index (κ1) is 15.8. The fraction of sp³-hybridized carbons (Fsp3) is 0.462. The maximum absolute atomic E-state index is 11.8. The van der Waals surface area contributed by atoms with E-state index in [0.717, 1.165) is 18.4 Å². The van der Waals surface area contributed by atoms with Crippen LogP contribution in [0.15, 0.2) is 30.3 Å². The highest BCUT2D eigenvalue weighted by Crippen LogP contribution is 2.13. The summed E-state index contributed by atoms with van der Waals surface area (Å²) in [6, 6.07) is 9.62. The Balaban J connectivity index is 0.00000180. The van der Waals surface area contributed by atoms with Crippen molar-refractivity contribution in [2.45, 2.75) is 25.6 Å². The molecule has 1 aromatic rings. The van der Waals surface area contributed by atoms with E-state index >= 15 is 0 Å². The van der Waals surface area contributed by atoms with Gasteiger partial charge in [-0.1, -0.05) is 30.3 Å². The van der Waals surface area contributed by atoms with Crippen molar-refractivity contribution in [3.8, 4) is 0 Å². The molecule has 6 heteroatoms. The van der Waals surface area contributed by atoms with Crippen LogP contribution in [0, 0.1) is 0 Å². The molecule has 19 heavy (non-hydrogen) atoms. The summed E-state index contributed by atoms with van der Waals surface area (Å²) in [5.74, 6) is 5.15. The minimum Gasteiger partial charge on any atom is -0.445 e. The van der Waals surface area contributed by atoms with Crippen LogP contribution in [0.2, 0.25) is 0 Å². The number of carbonyl (C=O) groups excluding carboxylic acids is 1. The summed E-state index contributed by atoms with van der Waals surface area (Å²) in [6.45, 7) is 1.50. The summed E-state index contributed by atoms with van der Waals surface area (Å²) >= 11 is 0. The normalized spacial score (nSPS) is 18.6. The summed E-state index contributed by atoms with van der Waals surface area (Å²) in [6.07, 6.45) is 1.39. The van der Waals surface area contributed by atoms with E-state index in [4.69, 9.17) is 15.5 Å². The second kappa shape index (κ2) is 7.99. The van der Waals surface area contributed by atoms with Crippen molar-refractivity contribution < 1.29 is 14.4 Å². The lowest BCUT2D eigenvalue weighted by Crippen LogP contribution is -2.44. The fourth-order valence-electron chi connectivity index (χ4n) is 2.03. The number of rotatable bonds is 3. The zero-order valence-electron chi connectivity index (χ0n) is 10.7. The van der Waals surface area contributed by atoms with Gasteiger partial charge in [-0.25, -0.2) is 10.7 Å². The van der Waals surface area contributed by atoms with Crippen molar-refractivity contribution >= 4 is 18.5 Å². The van der Waals surface area contributed by atoms with E-state index < -0.39 is 0 Å². The highest BCUT2D eigenvalue weighted by atomic mass is 35.5. The molecule has 1 unspecified atom stereocenters. The lowest BCUT2D eigenvalue weighted by molar-refractivity contribution is -0.00414. The number of nitrogens with two attached hydrogens (primary N) is 1. The van der Waals surface area contributed by atoms with Gasteiger partial charge in [-0.05, 0) is 18.4 Å². The number of carbonyl (C=O) groups is 1. The van der Waals surface area contributed by atoms with E-state index in [9.17, 15) is 4.79 Å². The van der Waals surface area contributed by atoms with Crippen LogP contribution in [0.1, 0.15) is 18.4 Å². The van der Waals surface area contributed by atoms with Gasteiger partial charge >= 0.3 is 6.09 Å². The lowest BCUT2D eigenvalue weighted by atomic mass is 10.1. The molecule has 0 bridgehead atoms. The van der Waals surface area contributed by atoms with Crippen molar-refractivity contribution in [2.75, 3.05) is 13.1 Å². The Labute approximate surface area is 119 Å². The molecule has 1 aromatic carbocycles. The summed E-state index contributed by atoms with van der Waals surface area (Å²) in [5, 5.41) is 0. The van der Waals surface area contributed by atoms with Gasteiger partial charge < -0.3 is 9.64 Å². The molecule has 0 radical (unpaired) electrons. The molecular weight excluding hydrogens is 268 g/mol. The molecule has 0 spiro atoms. The molecule has 1 fully saturated rings. The largest absolute Gasteiger partial charge is 0.445 e. The molecule has 2 rings (SSSR count). The average molecular weight is 287 g/mol. The fourth-order valence-corrected chi connectivity index (χ4v) is 2.03. The second-order valence-electron chi connectivity index (χ2n) is 4.39. The number of piperidine rings is 1. The number of likely N-dealkylation sites (tertiary alicyclic amines) is 1. The van der Waals surface area contributed by atoms with Crippen molar-refractivity contribution in [3.63, 3.8) is 0 Å². The van der Waals surface area contributed by atoms with Gasteiger partial charge in [0.15, 0.2) is 0 Å². The Morgan fingerprint density at radius 3 is 2.79 bits per heavy atom. The van der Waals surface area contributed by atoms with E-state index in [0.29, 0.717) is 19.7 Å². The van der Waals surface area contributed by atoms with E-state index in [1.165, 1.54) is 0 Å². The van der Waals surface area contributed by atoms with Crippen LogP contribution in [0.5, 0.6) is 0 Å². The molecule has 1 atom stereocenters. The molecule has 0 aliphatic carbocycles. The molecule has 1 aliphatic rings. The van der Waals surface area contributed by atoms with Crippen molar-refractivity contribution in [3.05, 3.63) is 35.9 Å². The van der Waals surface area contributed by atoms with Crippen LogP contribution < -0.4 is 5.90 Å². The van der Waals surface area contributed by atoms with Gasteiger partial charge in [0.1, 0.15) is 6.61 Å². The maximum Gasteiger partial charge on any atom is 0.410 e. The van der Waals surface area contributed by atoms with Gasteiger partial charge in [-0.15, -0.1) is 12.4 Å². The molecule has 1 amide bonds. The molecule has 106 valence electrons. The quantitative estimate of drug-likeness (QED) is 0.864. The van der Waals surface area contributed by atoms with Crippen LogP contribution in [0.3, 0.4) is 0 Å². The molecule has 5 nitrogen and oxygen atoms in total. The number of ether oxygens (including phenoxy) is 1. The van der Waals surface area contributed by atoms with Crippen LogP contribution in [-0.2, 0) is 16.2 Å². The number of halogens is 1. The van der Waals surface area contributed by atoms with Crippen LogP contribution in [-0.4, -0.2) is 30.2 Å². The molecular formula is C13H19ClN2O3. The highest BCUT2D eigenvalue weighted by molar-refractivity contribution is 5.85. The van der Waals surface area contributed by atoms with Crippen LogP contribution >= 0.6 is 12.4 Å². The Morgan fingerprint density at radius 1 is 1.37 bits per heavy atom. The van der Waals surface area contributed by atoms with Gasteiger partial charge in [0.05, 0.1) is 12.6 Å². The summed E-state index contributed by atoms with van der Waals surface area (Å²) in [4.78, 5) is 18.3. The monoisotopic (exact) mass is 286 g/mol. The lowest BCUT2D eigenvalue weighted by Gasteiger charge is -2.30. The first-order valence-electron chi connectivity index (χ1n) is 6.11. The van der Waals surface area contributed by atoms with E-state index in [1.54, 1.807) is 4.90 Å². The first-order valence-corrected chi connectivity index (χ1v) is 6.11. The standard InChI is InChI=1S/C13H18N2O3.ClH/c14-18-12-7-4-8-15(9-12)13(16)17-10-11-5-2-1-3-6-11;/h1-3,5-6,12H,4,7-10,14H2;1H. The predicted molar refractivity (Wildman–Crippen MR) is 73.7 cm³/mol. The third-order valence-electron chi connectivity index (χ3n) is 3.03. The average Bonchev–Trinajstić information content (AvgIpc) is 2.46. The van der Waals surface area contributed by atoms with Crippen molar-refractivity contribution in [2.24, 2.45) is 5.90 Å². The van der Waals surface area contributed by atoms with Crippen LogP contribution in [0.25, 0.3) is 0 Å². The minimum atomic E-state index is -0.305. The maximum atomic E-state index is 11.8. The minimum absolute atomic E-state index is 0. The zero-order chi connectivity index (χ0) is 12.8. The first-order chi connectivity index (χ1) is 8.79. The van der Waals surface area contributed by atoms with Gasteiger partial charge in [0.25, 0.3) is 0 Å². The Morgan fingerprint density at radius 2 is 2.11 bits per heavy atom. The SMILES string of the molecule is Cl.NOC1CCCN(C(=O)OCc2ccccc2)C1. The number of hydrogen-bond acceptors (Lipinski definition) is 4. The Kier molecular flexibility index (Phi) is 6.62. The highest BCUT2D eigenvalue weighted by Gasteiger charge is 2.24. The second-order valence-corrected chi connectivity index (χ2v) is 4.39. The molecule has 0 saturated carbocycles. The Bertz CT molecular complexity index is 389. The zero-order valence-corrected chi connectivity index (χ0v) is 11.5. The van der Waals surface area contributed by atoms with Gasteiger partial charge in [0, 0.05) is 6.54 Å². The number of nitrogens with zero attached hydrogens (tertiary/aromatic N) is 1. The van der Waals surface area contributed by atoms with Gasteiger partial charge in [0.2, 0.25) is 0 Å².